The summed E-state index contributed by atoms with van der Waals surface area (Å²) in [6.45, 7) is 20.8. The Morgan fingerprint density at radius 2 is 1.52 bits per heavy atom. The quantitative estimate of drug-likeness (QED) is 0.588. The van der Waals surface area contributed by atoms with Crippen LogP contribution in [-0.4, -0.2) is 57.1 Å². The summed E-state index contributed by atoms with van der Waals surface area (Å²) >= 11 is 0. The number of anilines is 1. The van der Waals surface area contributed by atoms with Gasteiger partial charge in [0.1, 0.15) is 11.6 Å². The topological polar surface area (TPSA) is 67.2 Å². The fraction of sp³-hybridized carbons (Fsp3) is 0.680. The highest BCUT2D eigenvalue weighted by Gasteiger charge is 2.26. The van der Waals surface area contributed by atoms with Gasteiger partial charge in [0.05, 0.1) is 5.69 Å². The van der Waals surface area contributed by atoms with Crippen LogP contribution in [0.3, 0.4) is 0 Å². The fourth-order valence-corrected chi connectivity index (χ4v) is 3.82. The van der Waals surface area contributed by atoms with Gasteiger partial charge in [-0.15, -0.1) is 12.4 Å². The van der Waals surface area contributed by atoms with Crippen LogP contribution >= 0.6 is 12.4 Å². The first-order valence-electron chi connectivity index (χ1n) is 11.8. The second kappa shape index (κ2) is 11.0. The first kappa shape index (κ1) is 27.3. The highest BCUT2D eigenvalue weighted by molar-refractivity contribution is 5.85. The number of unbranched alkanes of at least 4 members (excludes halogenated alkanes) is 1. The zero-order chi connectivity index (χ0) is 23.5. The van der Waals surface area contributed by atoms with Gasteiger partial charge in [0.15, 0.2) is 0 Å². The first-order chi connectivity index (χ1) is 14.9. The van der Waals surface area contributed by atoms with Crippen LogP contribution < -0.4 is 10.6 Å². The van der Waals surface area contributed by atoms with Crippen LogP contribution in [0.2, 0.25) is 0 Å². The predicted molar refractivity (Wildman–Crippen MR) is 138 cm³/mol. The average molecular weight is 477 g/mol. The summed E-state index contributed by atoms with van der Waals surface area (Å²) in [7, 11) is 0. The molecule has 8 heteroatoms. The zero-order valence-corrected chi connectivity index (χ0v) is 22.2. The summed E-state index contributed by atoms with van der Waals surface area (Å²) in [4.78, 5) is 30.7. The predicted octanol–water partition coefficient (Wildman–Crippen LogP) is 3.96. The highest BCUT2D eigenvalue weighted by Crippen LogP contribution is 2.28. The van der Waals surface area contributed by atoms with Crippen molar-refractivity contribution < 1.29 is 0 Å². The molecule has 0 saturated carbocycles. The van der Waals surface area contributed by atoms with Crippen molar-refractivity contribution in [3.05, 3.63) is 46.0 Å². The van der Waals surface area contributed by atoms with Gasteiger partial charge in [-0.05, 0) is 32.4 Å². The lowest BCUT2D eigenvalue weighted by Gasteiger charge is -2.36. The molecule has 0 N–H and O–H groups in total. The second-order valence-corrected chi connectivity index (χ2v) is 11.0. The lowest BCUT2D eigenvalue weighted by atomic mass is 9.90. The minimum absolute atomic E-state index is 0. The normalized spacial score (nSPS) is 15.4. The molecule has 0 aliphatic carbocycles. The molecule has 3 heterocycles. The maximum atomic E-state index is 11.9. The first-order valence-corrected chi connectivity index (χ1v) is 11.8. The van der Waals surface area contributed by atoms with Gasteiger partial charge in [0, 0.05) is 61.5 Å². The molecule has 0 spiro atoms. The standard InChI is InChI=1S/C25H40N6O.ClH/c1-19-10-13-31(23(32)26-19)12-9-8-11-29-14-16-30(17-15-29)21-18-20(24(2,3)4)27-22(28-21)25(5,6)7;/h10,13,18H,8-9,11-12,14-17H2,1-7H3;1H. The molecule has 2 aromatic heterocycles. The molecule has 1 aliphatic rings. The Morgan fingerprint density at radius 3 is 2.09 bits per heavy atom. The summed E-state index contributed by atoms with van der Waals surface area (Å²) in [5.74, 6) is 1.98. The Hall–Kier alpha value is -1.99. The van der Waals surface area contributed by atoms with E-state index in [0.717, 1.165) is 75.1 Å². The Morgan fingerprint density at radius 1 is 0.879 bits per heavy atom. The van der Waals surface area contributed by atoms with Crippen LogP contribution in [0.4, 0.5) is 5.82 Å². The van der Waals surface area contributed by atoms with Crippen LogP contribution in [-0.2, 0) is 17.4 Å². The third kappa shape index (κ3) is 7.51. The molecule has 1 aliphatic heterocycles. The molecule has 1 saturated heterocycles. The smallest absolute Gasteiger partial charge is 0.347 e. The van der Waals surface area contributed by atoms with E-state index in [1.807, 2.05) is 19.2 Å². The van der Waals surface area contributed by atoms with Gasteiger partial charge in [0.25, 0.3) is 0 Å². The van der Waals surface area contributed by atoms with Gasteiger partial charge < -0.3 is 4.90 Å². The van der Waals surface area contributed by atoms with Gasteiger partial charge in [-0.2, -0.15) is 4.98 Å². The summed E-state index contributed by atoms with van der Waals surface area (Å²) in [6.07, 6.45) is 3.92. The van der Waals surface area contributed by atoms with Crippen LogP contribution in [0.1, 0.15) is 71.6 Å². The molecule has 7 nitrogen and oxygen atoms in total. The van der Waals surface area contributed by atoms with Crippen molar-refractivity contribution in [3.8, 4) is 0 Å². The largest absolute Gasteiger partial charge is 0.354 e. The molecule has 33 heavy (non-hydrogen) atoms. The minimum atomic E-state index is -0.146. The molecule has 1 fully saturated rings. The van der Waals surface area contributed by atoms with Crippen LogP contribution in [0.25, 0.3) is 0 Å². The third-order valence-corrected chi connectivity index (χ3v) is 5.98. The van der Waals surface area contributed by atoms with Crippen molar-refractivity contribution in [2.45, 2.75) is 78.7 Å². The Kier molecular flexibility index (Phi) is 9.05. The molecule has 0 aromatic carbocycles. The van der Waals surface area contributed by atoms with E-state index in [-0.39, 0.29) is 28.9 Å². The van der Waals surface area contributed by atoms with E-state index in [1.54, 1.807) is 4.57 Å². The number of aryl methyl sites for hydroxylation is 2. The maximum absolute atomic E-state index is 11.9. The molecule has 0 amide bonds. The van der Waals surface area contributed by atoms with Crippen molar-refractivity contribution in [1.82, 2.24) is 24.4 Å². The lowest BCUT2D eigenvalue weighted by Crippen LogP contribution is -2.47. The SMILES string of the molecule is Cc1ccn(CCCCN2CCN(c3cc(C(C)(C)C)nc(C(C)(C)C)n3)CC2)c(=O)n1.Cl. The van der Waals surface area contributed by atoms with Crippen molar-refractivity contribution >= 4 is 18.2 Å². The van der Waals surface area contributed by atoms with E-state index in [9.17, 15) is 4.79 Å². The van der Waals surface area contributed by atoms with Gasteiger partial charge in [-0.25, -0.2) is 14.8 Å². The molecule has 2 aromatic rings. The molecule has 0 bridgehead atoms. The Balaban J connectivity index is 0.00000385. The van der Waals surface area contributed by atoms with Crippen LogP contribution in [0.15, 0.2) is 23.1 Å². The molecule has 3 rings (SSSR count). The summed E-state index contributed by atoms with van der Waals surface area (Å²) in [6, 6.07) is 4.07. The summed E-state index contributed by atoms with van der Waals surface area (Å²) < 4.78 is 1.71. The highest BCUT2D eigenvalue weighted by atomic mass is 35.5. The Bertz CT molecular complexity index is 936. The second-order valence-electron chi connectivity index (χ2n) is 11.0. The van der Waals surface area contributed by atoms with Crippen molar-refractivity contribution in [2.75, 3.05) is 37.6 Å². The van der Waals surface area contributed by atoms with E-state index < -0.39 is 0 Å². The number of piperazine rings is 1. The van der Waals surface area contributed by atoms with Gasteiger partial charge in [0.2, 0.25) is 0 Å². The molecule has 0 unspecified atom stereocenters. The van der Waals surface area contributed by atoms with E-state index in [4.69, 9.17) is 9.97 Å². The van der Waals surface area contributed by atoms with E-state index >= 15 is 0 Å². The zero-order valence-electron chi connectivity index (χ0n) is 21.4. The molecule has 0 radical (unpaired) electrons. The van der Waals surface area contributed by atoms with Crippen molar-refractivity contribution in [2.24, 2.45) is 0 Å². The van der Waals surface area contributed by atoms with E-state index in [2.05, 4.69) is 62.4 Å². The average Bonchev–Trinajstić information content (AvgIpc) is 2.71. The molecule has 184 valence electrons. The third-order valence-electron chi connectivity index (χ3n) is 5.98. The van der Waals surface area contributed by atoms with E-state index in [0.29, 0.717) is 0 Å². The fourth-order valence-electron chi connectivity index (χ4n) is 3.82. The number of nitrogens with zero attached hydrogens (tertiary/aromatic N) is 6. The summed E-state index contributed by atoms with van der Waals surface area (Å²) in [5.41, 5.74) is 1.65. The van der Waals surface area contributed by atoms with Crippen molar-refractivity contribution in [1.29, 1.82) is 0 Å². The minimum Gasteiger partial charge on any atom is -0.354 e. The number of rotatable bonds is 6. The van der Waals surface area contributed by atoms with Gasteiger partial charge >= 0.3 is 5.69 Å². The van der Waals surface area contributed by atoms with Gasteiger partial charge in [-0.1, -0.05) is 41.5 Å². The van der Waals surface area contributed by atoms with Crippen LogP contribution in [0, 0.1) is 6.92 Å². The Labute approximate surface area is 205 Å². The van der Waals surface area contributed by atoms with E-state index in [1.165, 1.54) is 0 Å². The lowest BCUT2D eigenvalue weighted by molar-refractivity contribution is 0.250. The molecular weight excluding hydrogens is 436 g/mol. The van der Waals surface area contributed by atoms with Crippen molar-refractivity contribution in [3.63, 3.8) is 0 Å². The monoisotopic (exact) mass is 476 g/mol. The summed E-state index contributed by atoms with van der Waals surface area (Å²) in [5, 5.41) is 0. The van der Waals surface area contributed by atoms with Crippen LogP contribution in [0.5, 0.6) is 0 Å². The van der Waals surface area contributed by atoms with Gasteiger partial charge in [-0.3, -0.25) is 9.47 Å². The number of hydrogen-bond acceptors (Lipinski definition) is 6. The maximum Gasteiger partial charge on any atom is 0.347 e. The number of halogens is 1. The molecule has 0 atom stereocenters. The number of hydrogen-bond donors (Lipinski definition) is 0. The molecular formula is C25H41ClN6O. The number of aromatic nitrogens is 4.